The van der Waals surface area contributed by atoms with Gasteiger partial charge >= 0.3 is 0 Å². The molecule has 2 aromatic carbocycles. The number of hydrogen-bond acceptors (Lipinski definition) is 4. The van der Waals surface area contributed by atoms with Crippen LogP contribution in [0.1, 0.15) is 5.56 Å². The molecule has 0 unspecified atom stereocenters. The van der Waals surface area contributed by atoms with Crippen molar-refractivity contribution in [1.29, 1.82) is 0 Å². The molecule has 0 radical (unpaired) electrons. The van der Waals surface area contributed by atoms with E-state index in [1.54, 1.807) is 0 Å². The molecule has 0 atom stereocenters. The smallest absolute Gasteiger partial charge is 0.264 e. The number of nitrogens with zero attached hydrogens (tertiary/aromatic N) is 1. The highest BCUT2D eigenvalue weighted by Gasteiger charge is 2.12. The predicted molar refractivity (Wildman–Crippen MR) is 85.4 cm³/mol. The van der Waals surface area contributed by atoms with Crippen LogP contribution in [-0.4, -0.2) is 27.8 Å². The van der Waals surface area contributed by atoms with Crippen LogP contribution in [0.3, 0.4) is 0 Å². The van der Waals surface area contributed by atoms with Gasteiger partial charge in [0, 0.05) is 17.9 Å². The first kappa shape index (κ1) is 15.5. The van der Waals surface area contributed by atoms with Crippen molar-refractivity contribution in [3.63, 3.8) is 0 Å². The maximum Gasteiger partial charge on any atom is 0.264 e. The van der Waals surface area contributed by atoms with Crippen LogP contribution in [0.5, 0.6) is 0 Å². The molecule has 2 aromatic rings. The summed E-state index contributed by atoms with van der Waals surface area (Å²) in [5, 5.41) is 0. The quantitative estimate of drug-likeness (QED) is 0.769. The summed E-state index contributed by atoms with van der Waals surface area (Å²) in [6.45, 7) is 2.60. The number of benzene rings is 2. The Hall–Kier alpha value is -1.85. The predicted octanol–water partition coefficient (Wildman–Crippen LogP) is 3.11. The van der Waals surface area contributed by atoms with Crippen LogP contribution < -0.4 is 4.90 Å². The van der Waals surface area contributed by atoms with E-state index in [-0.39, 0.29) is 6.61 Å². The second kappa shape index (κ2) is 6.74. The molecule has 0 heterocycles. The summed E-state index contributed by atoms with van der Waals surface area (Å²) in [7, 11) is -3.42. The maximum absolute atomic E-state index is 11.1. The normalized spacial score (nSPS) is 11.3. The van der Waals surface area contributed by atoms with Gasteiger partial charge in [-0.1, -0.05) is 36.4 Å². The summed E-state index contributed by atoms with van der Waals surface area (Å²) in [5.41, 5.74) is 3.17. The molecule has 0 aliphatic carbocycles. The summed E-state index contributed by atoms with van der Waals surface area (Å²) in [5.74, 6) is 0. The minimum absolute atomic E-state index is 0.113. The van der Waals surface area contributed by atoms with Gasteiger partial charge in [-0.3, -0.25) is 4.18 Å². The van der Waals surface area contributed by atoms with Crippen molar-refractivity contribution >= 4 is 21.5 Å². The molecule has 0 aliphatic heterocycles. The molecule has 2 rings (SSSR count). The van der Waals surface area contributed by atoms with Gasteiger partial charge in [0.05, 0.1) is 12.9 Å². The molecule has 0 N–H and O–H groups in total. The molecule has 4 nitrogen and oxygen atoms in total. The Morgan fingerprint density at radius 1 is 1.00 bits per heavy atom. The minimum atomic E-state index is -3.42. The fraction of sp³-hybridized carbons (Fsp3) is 0.250. The number of hydrogen-bond donors (Lipinski definition) is 0. The zero-order valence-corrected chi connectivity index (χ0v) is 13.0. The van der Waals surface area contributed by atoms with Gasteiger partial charge in [0.2, 0.25) is 0 Å². The van der Waals surface area contributed by atoms with Gasteiger partial charge in [0.15, 0.2) is 0 Å². The van der Waals surface area contributed by atoms with Gasteiger partial charge in [-0.05, 0) is 30.7 Å². The summed E-state index contributed by atoms with van der Waals surface area (Å²) < 4.78 is 27.1. The van der Waals surface area contributed by atoms with Gasteiger partial charge in [-0.15, -0.1) is 0 Å². The van der Waals surface area contributed by atoms with Gasteiger partial charge in [0.25, 0.3) is 10.1 Å². The zero-order valence-electron chi connectivity index (χ0n) is 12.2. The van der Waals surface area contributed by atoms with Crippen molar-refractivity contribution < 1.29 is 12.6 Å². The second-order valence-electron chi connectivity index (χ2n) is 4.80. The van der Waals surface area contributed by atoms with Crippen LogP contribution in [0, 0.1) is 6.92 Å². The van der Waals surface area contributed by atoms with Gasteiger partial charge in [-0.2, -0.15) is 8.42 Å². The largest absolute Gasteiger partial charge is 0.339 e. The molecule has 0 aromatic heterocycles. The van der Waals surface area contributed by atoms with Crippen molar-refractivity contribution in [2.45, 2.75) is 6.92 Å². The van der Waals surface area contributed by atoms with Gasteiger partial charge < -0.3 is 4.90 Å². The molecule has 0 aliphatic rings. The zero-order chi connectivity index (χ0) is 15.3. The third-order valence-corrected chi connectivity index (χ3v) is 3.68. The third kappa shape index (κ3) is 4.58. The molecule has 0 amide bonds. The standard InChI is InChI=1S/C16H19NO3S/c1-14-8-6-7-11-16(14)17(12-13-20-21(2,18)19)15-9-4-3-5-10-15/h3-11H,12-13H2,1-2H3. The lowest BCUT2D eigenvalue weighted by atomic mass is 10.1. The van der Waals surface area contributed by atoms with Crippen LogP contribution in [0.4, 0.5) is 11.4 Å². The van der Waals surface area contributed by atoms with Crippen molar-refractivity contribution in [3.05, 3.63) is 60.2 Å². The van der Waals surface area contributed by atoms with Crippen molar-refractivity contribution in [2.75, 3.05) is 24.3 Å². The summed E-state index contributed by atoms with van der Waals surface area (Å²) >= 11 is 0. The fourth-order valence-electron chi connectivity index (χ4n) is 2.14. The van der Waals surface area contributed by atoms with E-state index in [9.17, 15) is 8.42 Å². The van der Waals surface area contributed by atoms with Crippen LogP contribution in [0.25, 0.3) is 0 Å². The lowest BCUT2D eigenvalue weighted by Gasteiger charge is -2.26. The molecule has 0 bridgehead atoms. The number of anilines is 2. The lowest BCUT2D eigenvalue weighted by molar-refractivity contribution is 0.331. The van der Waals surface area contributed by atoms with Crippen LogP contribution in [-0.2, 0) is 14.3 Å². The molecule has 0 fully saturated rings. The molecule has 0 saturated heterocycles. The third-order valence-electron chi connectivity index (χ3n) is 3.09. The van der Waals surface area contributed by atoms with Gasteiger partial charge in [0.1, 0.15) is 0 Å². The van der Waals surface area contributed by atoms with E-state index in [0.717, 1.165) is 23.2 Å². The van der Waals surface area contributed by atoms with E-state index >= 15 is 0 Å². The van der Waals surface area contributed by atoms with E-state index in [1.807, 2.05) is 61.5 Å². The van der Waals surface area contributed by atoms with Crippen LogP contribution in [0.2, 0.25) is 0 Å². The number of aryl methyl sites for hydroxylation is 1. The molecular weight excluding hydrogens is 286 g/mol. The maximum atomic E-state index is 11.1. The first-order chi connectivity index (χ1) is 9.97. The van der Waals surface area contributed by atoms with Crippen molar-refractivity contribution in [2.24, 2.45) is 0 Å². The average molecular weight is 305 g/mol. The van der Waals surface area contributed by atoms with E-state index in [1.165, 1.54) is 0 Å². The summed E-state index contributed by atoms with van der Waals surface area (Å²) in [4.78, 5) is 2.06. The Balaban J connectivity index is 2.26. The molecular formula is C16H19NO3S. The molecule has 5 heteroatoms. The molecule has 0 saturated carbocycles. The topological polar surface area (TPSA) is 46.6 Å². The summed E-state index contributed by atoms with van der Waals surface area (Å²) in [6.07, 6.45) is 1.06. The van der Waals surface area contributed by atoms with E-state index < -0.39 is 10.1 Å². The van der Waals surface area contributed by atoms with E-state index in [2.05, 4.69) is 4.90 Å². The molecule has 112 valence electrons. The van der Waals surface area contributed by atoms with Crippen LogP contribution >= 0.6 is 0 Å². The van der Waals surface area contributed by atoms with Crippen molar-refractivity contribution in [1.82, 2.24) is 0 Å². The Morgan fingerprint density at radius 2 is 1.62 bits per heavy atom. The Labute approximate surface area is 126 Å². The SMILES string of the molecule is Cc1ccccc1N(CCOS(C)(=O)=O)c1ccccc1. The minimum Gasteiger partial charge on any atom is -0.339 e. The monoisotopic (exact) mass is 305 g/mol. The first-order valence-corrected chi connectivity index (χ1v) is 8.51. The number of rotatable bonds is 6. The Kier molecular flexibility index (Phi) is 4.98. The average Bonchev–Trinajstić information content (AvgIpc) is 2.45. The Bertz CT molecular complexity index is 684. The number of para-hydroxylation sites is 2. The second-order valence-corrected chi connectivity index (χ2v) is 6.44. The summed E-state index contributed by atoms with van der Waals surface area (Å²) in [6, 6.07) is 17.8. The van der Waals surface area contributed by atoms with Crippen molar-refractivity contribution in [3.8, 4) is 0 Å². The Morgan fingerprint density at radius 3 is 2.24 bits per heavy atom. The van der Waals surface area contributed by atoms with E-state index in [4.69, 9.17) is 4.18 Å². The highest BCUT2D eigenvalue weighted by Crippen LogP contribution is 2.27. The molecule has 0 spiro atoms. The molecule has 21 heavy (non-hydrogen) atoms. The highest BCUT2D eigenvalue weighted by molar-refractivity contribution is 7.85. The van der Waals surface area contributed by atoms with Crippen LogP contribution in [0.15, 0.2) is 54.6 Å². The highest BCUT2D eigenvalue weighted by atomic mass is 32.2. The fourth-order valence-corrected chi connectivity index (χ4v) is 2.52. The first-order valence-electron chi connectivity index (χ1n) is 6.70. The van der Waals surface area contributed by atoms with E-state index in [0.29, 0.717) is 6.54 Å². The van der Waals surface area contributed by atoms with Gasteiger partial charge in [-0.25, -0.2) is 0 Å². The lowest BCUT2D eigenvalue weighted by Crippen LogP contribution is -2.24.